The molecule has 0 saturated heterocycles. The molecule has 0 unspecified atom stereocenters. The van der Waals surface area contributed by atoms with Crippen molar-refractivity contribution in [3.05, 3.63) is 29.3 Å². The van der Waals surface area contributed by atoms with Crippen LogP contribution in [0, 0.1) is 6.92 Å². The van der Waals surface area contributed by atoms with Gasteiger partial charge in [0.15, 0.2) is 15.8 Å². The average molecular weight is 554 g/mol. The lowest BCUT2D eigenvalue weighted by Crippen LogP contribution is -2.43. The fraction of sp³-hybridized carbons (Fsp3) is 0.600. The normalized spacial score (nSPS) is 12.0. The molecule has 8 nitrogen and oxygen atoms in total. The van der Waals surface area contributed by atoms with Gasteiger partial charge in [-0.1, -0.05) is 12.1 Å². The Morgan fingerprint density at radius 1 is 1.23 bits per heavy atom. The number of likely N-dealkylation sites (N-methyl/N-ethyl adjacent to an activating group) is 1. The van der Waals surface area contributed by atoms with Crippen LogP contribution in [0.15, 0.2) is 28.1 Å². The van der Waals surface area contributed by atoms with Gasteiger partial charge in [0.05, 0.1) is 11.4 Å². The summed E-state index contributed by atoms with van der Waals surface area (Å²) in [5.41, 5.74) is 1.09. The summed E-state index contributed by atoms with van der Waals surface area (Å²) in [7, 11) is -1.55. The van der Waals surface area contributed by atoms with Gasteiger partial charge in [0.1, 0.15) is 5.60 Å². The van der Waals surface area contributed by atoms with Crippen LogP contribution in [0.1, 0.15) is 38.8 Å². The van der Waals surface area contributed by atoms with E-state index in [1.54, 1.807) is 26.1 Å². The minimum atomic E-state index is -3.23. The number of nitrogens with one attached hydrogen (secondary N) is 2. The molecule has 10 heteroatoms. The summed E-state index contributed by atoms with van der Waals surface area (Å²) in [4.78, 5) is 18.4. The van der Waals surface area contributed by atoms with E-state index in [0.717, 1.165) is 5.56 Å². The SMILES string of the molecule is CCNC(=NCc1ccc(S(C)(=O)=O)c(C)c1)NCCN(C)C(=O)OC(C)(C)C.I. The molecule has 0 heterocycles. The molecule has 0 bridgehead atoms. The number of benzene rings is 1. The maximum absolute atomic E-state index is 12.0. The molecule has 0 fully saturated rings. The number of aliphatic imine (C=N–C) groups is 1. The first kappa shape index (κ1) is 28.4. The molecule has 0 radical (unpaired) electrons. The first-order valence-corrected chi connectivity index (χ1v) is 11.5. The van der Waals surface area contributed by atoms with E-state index < -0.39 is 15.4 Å². The minimum absolute atomic E-state index is 0. The van der Waals surface area contributed by atoms with Gasteiger partial charge in [0.25, 0.3) is 0 Å². The number of halogens is 1. The van der Waals surface area contributed by atoms with E-state index >= 15 is 0 Å². The quantitative estimate of drug-likeness (QED) is 0.306. The van der Waals surface area contributed by atoms with E-state index in [2.05, 4.69) is 15.6 Å². The van der Waals surface area contributed by atoms with Crippen LogP contribution in [0.4, 0.5) is 4.79 Å². The molecular formula is C20H35IN4O4S. The van der Waals surface area contributed by atoms with Crippen molar-refractivity contribution in [3.63, 3.8) is 0 Å². The van der Waals surface area contributed by atoms with Gasteiger partial charge in [-0.3, -0.25) is 0 Å². The van der Waals surface area contributed by atoms with Crippen molar-refractivity contribution < 1.29 is 17.9 Å². The van der Waals surface area contributed by atoms with Crippen molar-refractivity contribution in [3.8, 4) is 0 Å². The Morgan fingerprint density at radius 2 is 1.87 bits per heavy atom. The maximum Gasteiger partial charge on any atom is 0.410 e. The molecule has 0 aliphatic rings. The molecule has 1 rings (SSSR count). The second-order valence-electron chi connectivity index (χ2n) is 7.90. The van der Waals surface area contributed by atoms with Crippen LogP contribution >= 0.6 is 24.0 Å². The standard InChI is InChI=1S/C20H34N4O4S.HI/c1-8-21-18(22-11-12-24(6)19(25)28-20(3,4)5)23-14-16-9-10-17(15(2)13-16)29(7,26)27;/h9-10,13H,8,11-12,14H2,1-7H3,(H2,21,22,23);1H. The first-order valence-electron chi connectivity index (χ1n) is 9.59. The second-order valence-corrected chi connectivity index (χ2v) is 9.88. The van der Waals surface area contributed by atoms with Crippen LogP contribution in [0.25, 0.3) is 0 Å². The van der Waals surface area contributed by atoms with E-state index in [4.69, 9.17) is 4.74 Å². The van der Waals surface area contributed by atoms with Crippen molar-refractivity contribution >= 4 is 45.9 Å². The fourth-order valence-corrected chi connectivity index (χ4v) is 3.47. The lowest BCUT2D eigenvalue weighted by atomic mass is 10.1. The summed E-state index contributed by atoms with van der Waals surface area (Å²) < 4.78 is 28.8. The summed E-state index contributed by atoms with van der Waals surface area (Å²) >= 11 is 0. The highest BCUT2D eigenvalue weighted by Crippen LogP contribution is 2.17. The van der Waals surface area contributed by atoms with Gasteiger partial charge in [-0.05, 0) is 51.8 Å². The first-order chi connectivity index (χ1) is 13.3. The van der Waals surface area contributed by atoms with Crippen molar-refractivity contribution in [2.75, 3.05) is 32.9 Å². The number of carbonyl (C=O) groups is 1. The molecule has 0 spiro atoms. The summed E-state index contributed by atoms with van der Waals surface area (Å²) in [5, 5.41) is 6.34. The van der Waals surface area contributed by atoms with Gasteiger partial charge in [-0.25, -0.2) is 18.2 Å². The third-order valence-corrected chi connectivity index (χ3v) is 5.10. The molecule has 0 aliphatic carbocycles. The van der Waals surface area contributed by atoms with Crippen LogP contribution in [-0.2, 0) is 21.1 Å². The van der Waals surface area contributed by atoms with Crippen molar-refractivity contribution in [1.82, 2.24) is 15.5 Å². The van der Waals surface area contributed by atoms with Gasteiger partial charge in [-0.15, -0.1) is 24.0 Å². The molecule has 0 aliphatic heterocycles. The van der Waals surface area contributed by atoms with Gasteiger partial charge >= 0.3 is 6.09 Å². The third-order valence-electron chi connectivity index (χ3n) is 3.85. The molecule has 0 atom stereocenters. The Bertz CT molecular complexity index is 836. The highest BCUT2D eigenvalue weighted by atomic mass is 127. The number of nitrogens with zero attached hydrogens (tertiary/aromatic N) is 2. The topological polar surface area (TPSA) is 100 Å². The molecule has 2 N–H and O–H groups in total. The number of sulfone groups is 1. The van der Waals surface area contributed by atoms with Gasteiger partial charge in [0.2, 0.25) is 0 Å². The summed E-state index contributed by atoms with van der Waals surface area (Å²) in [6, 6.07) is 5.22. The van der Waals surface area contributed by atoms with Crippen LogP contribution in [-0.4, -0.2) is 63.9 Å². The number of amides is 1. The molecule has 1 aromatic carbocycles. The van der Waals surface area contributed by atoms with Crippen LogP contribution in [0.5, 0.6) is 0 Å². The number of ether oxygens (including phenoxy) is 1. The highest BCUT2D eigenvalue weighted by Gasteiger charge is 2.19. The predicted octanol–water partition coefficient (Wildman–Crippen LogP) is 2.94. The van der Waals surface area contributed by atoms with E-state index in [1.807, 2.05) is 33.8 Å². The van der Waals surface area contributed by atoms with Crippen molar-refractivity contribution in [2.45, 2.75) is 51.7 Å². The maximum atomic E-state index is 12.0. The number of carbonyl (C=O) groups excluding carboxylic acids is 1. The van der Waals surface area contributed by atoms with E-state index in [9.17, 15) is 13.2 Å². The smallest absolute Gasteiger partial charge is 0.410 e. The highest BCUT2D eigenvalue weighted by molar-refractivity contribution is 14.0. The molecule has 0 aromatic heterocycles. The number of hydrogen-bond acceptors (Lipinski definition) is 5. The van der Waals surface area contributed by atoms with E-state index in [1.165, 1.54) is 11.2 Å². The number of guanidine groups is 1. The zero-order valence-electron chi connectivity index (χ0n) is 18.9. The van der Waals surface area contributed by atoms with Gasteiger partial charge in [-0.2, -0.15) is 0 Å². The largest absolute Gasteiger partial charge is 0.444 e. The van der Waals surface area contributed by atoms with Crippen LogP contribution in [0.2, 0.25) is 0 Å². The molecule has 0 saturated carbocycles. The average Bonchev–Trinajstić information content (AvgIpc) is 2.56. The number of hydrogen-bond donors (Lipinski definition) is 2. The van der Waals surface area contributed by atoms with Gasteiger partial charge < -0.3 is 20.3 Å². The lowest BCUT2D eigenvalue weighted by Gasteiger charge is -2.24. The Labute approximate surface area is 197 Å². The monoisotopic (exact) mass is 554 g/mol. The minimum Gasteiger partial charge on any atom is -0.444 e. The summed E-state index contributed by atoms with van der Waals surface area (Å²) in [6.07, 6.45) is 0.831. The summed E-state index contributed by atoms with van der Waals surface area (Å²) in [6.45, 7) is 11.3. The summed E-state index contributed by atoms with van der Waals surface area (Å²) in [5.74, 6) is 0.620. The zero-order valence-corrected chi connectivity index (χ0v) is 22.1. The molecule has 1 aromatic rings. The van der Waals surface area contributed by atoms with E-state index in [-0.39, 0.29) is 30.1 Å². The molecule has 1 amide bonds. The lowest BCUT2D eigenvalue weighted by molar-refractivity contribution is 0.0302. The zero-order chi connectivity index (χ0) is 22.2. The number of rotatable bonds is 7. The predicted molar refractivity (Wildman–Crippen MR) is 131 cm³/mol. The Morgan fingerprint density at radius 3 is 2.37 bits per heavy atom. The second kappa shape index (κ2) is 12.3. The van der Waals surface area contributed by atoms with Crippen molar-refractivity contribution in [1.29, 1.82) is 0 Å². The molecule has 30 heavy (non-hydrogen) atoms. The van der Waals surface area contributed by atoms with Crippen LogP contribution in [0.3, 0.4) is 0 Å². The van der Waals surface area contributed by atoms with Crippen LogP contribution < -0.4 is 10.6 Å². The molecule has 172 valence electrons. The fourth-order valence-electron chi connectivity index (χ4n) is 2.51. The third kappa shape index (κ3) is 10.5. The molecular weight excluding hydrogens is 519 g/mol. The Hall–Kier alpha value is -1.56. The van der Waals surface area contributed by atoms with E-state index in [0.29, 0.717) is 42.6 Å². The van der Waals surface area contributed by atoms with Crippen molar-refractivity contribution in [2.24, 2.45) is 4.99 Å². The number of aryl methyl sites for hydroxylation is 1. The Balaban J connectivity index is 0.00000841. The van der Waals surface area contributed by atoms with Gasteiger partial charge in [0, 0.05) is 32.9 Å². The Kier molecular flexibility index (Phi) is 11.7.